The van der Waals surface area contributed by atoms with Crippen LogP contribution in [0.25, 0.3) is 0 Å². The van der Waals surface area contributed by atoms with Crippen LogP contribution in [0.15, 0.2) is 12.1 Å². The summed E-state index contributed by atoms with van der Waals surface area (Å²) in [5.74, 6) is -4.34. The molecule has 118 valence electrons. The average molecular weight is 300 g/mol. The molecule has 0 amide bonds. The Balaban J connectivity index is 2.33. The SMILES string of the molecule is CCCCCCCCCOc1ccc(C(=O)O)c(F)c1F. The van der Waals surface area contributed by atoms with E-state index < -0.39 is 23.2 Å². The van der Waals surface area contributed by atoms with E-state index in [2.05, 4.69) is 6.92 Å². The van der Waals surface area contributed by atoms with Gasteiger partial charge in [-0.1, -0.05) is 45.4 Å². The van der Waals surface area contributed by atoms with Gasteiger partial charge in [0, 0.05) is 0 Å². The van der Waals surface area contributed by atoms with Gasteiger partial charge in [0.05, 0.1) is 12.2 Å². The van der Waals surface area contributed by atoms with Gasteiger partial charge < -0.3 is 9.84 Å². The van der Waals surface area contributed by atoms with Crippen LogP contribution in [-0.2, 0) is 0 Å². The molecule has 0 aliphatic carbocycles. The number of carbonyl (C=O) groups is 1. The van der Waals surface area contributed by atoms with Crippen LogP contribution in [0.3, 0.4) is 0 Å². The van der Waals surface area contributed by atoms with Crippen molar-refractivity contribution in [3.05, 3.63) is 29.3 Å². The first kappa shape index (κ1) is 17.4. The first-order valence-electron chi connectivity index (χ1n) is 7.42. The standard InChI is InChI=1S/C16H22F2O3/c1-2-3-4-5-6-7-8-11-21-13-10-9-12(16(19)20)14(17)15(13)18/h9-10H,2-8,11H2,1H3,(H,19,20). The Hall–Kier alpha value is -1.65. The molecule has 0 saturated carbocycles. The molecule has 0 aliphatic heterocycles. The minimum Gasteiger partial charge on any atom is -0.490 e. The van der Waals surface area contributed by atoms with Gasteiger partial charge >= 0.3 is 5.97 Å². The van der Waals surface area contributed by atoms with Gasteiger partial charge in [-0.2, -0.15) is 4.39 Å². The summed E-state index contributed by atoms with van der Waals surface area (Å²) in [6.07, 6.45) is 7.74. The van der Waals surface area contributed by atoms with Crippen molar-refractivity contribution in [1.29, 1.82) is 0 Å². The van der Waals surface area contributed by atoms with Crippen molar-refractivity contribution < 1.29 is 23.4 Å². The fraction of sp³-hybridized carbons (Fsp3) is 0.562. The largest absolute Gasteiger partial charge is 0.490 e. The third-order valence-corrected chi connectivity index (χ3v) is 3.28. The van der Waals surface area contributed by atoms with Crippen LogP contribution in [0.5, 0.6) is 5.75 Å². The topological polar surface area (TPSA) is 46.5 Å². The van der Waals surface area contributed by atoms with Crippen LogP contribution in [0.4, 0.5) is 8.78 Å². The van der Waals surface area contributed by atoms with Crippen molar-refractivity contribution >= 4 is 5.97 Å². The molecule has 0 saturated heterocycles. The third kappa shape index (κ3) is 5.69. The molecule has 1 rings (SSSR count). The summed E-state index contributed by atoms with van der Waals surface area (Å²) >= 11 is 0. The predicted octanol–water partition coefficient (Wildman–Crippen LogP) is 4.79. The van der Waals surface area contributed by atoms with E-state index in [0.29, 0.717) is 6.61 Å². The number of carboxylic acid groups (broad SMARTS) is 1. The highest BCUT2D eigenvalue weighted by molar-refractivity contribution is 5.88. The Labute approximate surface area is 123 Å². The zero-order valence-corrected chi connectivity index (χ0v) is 12.3. The van der Waals surface area contributed by atoms with Crippen LogP contribution in [-0.4, -0.2) is 17.7 Å². The predicted molar refractivity (Wildman–Crippen MR) is 76.8 cm³/mol. The molecule has 3 nitrogen and oxygen atoms in total. The number of unbranched alkanes of at least 4 members (excludes halogenated alkanes) is 6. The normalized spacial score (nSPS) is 10.6. The molecule has 0 unspecified atom stereocenters. The second-order valence-corrected chi connectivity index (χ2v) is 5.01. The van der Waals surface area contributed by atoms with Gasteiger partial charge in [0.15, 0.2) is 11.6 Å². The smallest absolute Gasteiger partial charge is 0.338 e. The van der Waals surface area contributed by atoms with E-state index >= 15 is 0 Å². The fourth-order valence-corrected chi connectivity index (χ4v) is 2.05. The third-order valence-electron chi connectivity index (χ3n) is 3.28. The van der Waals surface area contributed by atoms with Crippen LogP contribution < -0.4 is 4.74 Å². The summed E-state index contributed by atoms with van der Waals surface area (Å²) in [6.45, 7) is 2.47. The van der Waals surface area contributed by atoms with E-state index in [1.165, 1.54) is 25.7 Å². The summed E-state index contributed by atoms with van der Waals surface area (Å²) < 4.78 is 32.2. The van der Waals surface area contributed by atoms with Gasteiger partial charge in [-0.3, -0.25) is 0 Å². The number of aromatic carboxylic acids is 1. The van der Waals surface area contributed by atoms with Crippen LogP contribution in [0, 0.1) is 11.6 Å². The quantitative estimate of drug-likeness (QED) is 0.632. The van der Waals surface area contributed by atoms with Gasteiger partial charge in [0.25, 0.3) is 0 Å². The number of carboxylic acids is 1. The molecule has 0 radical (unpaired) electrons. The second-order valence-electron chi connectivity index (χ2n) is 5.01. The van der Waals surface area contributed by atoms with Crippen molar-refractivity contribution in [3.8, 4) is 5.75 Å². The summed E-state index contributed by atoms with van der Waals surface area (Å²) in [5, 5.41) is 8.67. The summed E-state index contributed by atoms with van der Waals surface area (Å²) in [5.41, 5.74) is -0.684. The monoisotopic (exact) mass is 300 g/mol. The molecule has 0 heterocycles. The molecule has 0 aliphatic rings. The van der Waals surface area contributed by atoms with Gasteiger partial charge in [0.2, 0.25) is 5.82 Å². The van der Waals surface area contributed by atoms with Crippen LogP contribution in [0.2, 0.25) is 0 Å². The Morgan fingerprint density at radius 1 is 1.05 bits per heavy atom. The Morgan fingerprint density at radius 2 is 1.67 bits per heavy atom. The molecule has 1 N–H and O–H groups in total. The van der Waals surface area contributed by atoms with Crippen LogP contribution in [0.1, 0.15) is 62.2 Å². The lowest BCUT2D eigenvalue weighted by atomic mass is 10.1. The first-order chi connectivity index (χ1) is 10.1. The molecule has 21 heavy (non-hydrogen) atoms. The zero-order valence-electron chi connectivity index (χ0n) is 12.3. The molecule has 1 aromatic carbocycles. The van der Waals surface area contributed by atoms with Crippen molar-refractivity contribution in [2.24, 2.45) is 0 Å². The highest BCUT2D eigenvalue weighted by atomic mass is 19.2. The molecule has 0 bridgehead atoms. The summed E-state index contributed by atoms with van der Waals surface area (Å²) in [4.78, 5) is 10.6. The summed E-state index contributed by atoms with van der Waals surface area (Å²) in [6, 6.07) is 2.17. The van der Waals surface area contributed by atoms with Crippen molar-refractivity contribution in [3.63, 3.8) is 0 Å². The molecule has 0 aromatic heterocycles. The number of hydrogen-bond donors (Lipinski definition) is 1. The zero-order chi connectivity index (χ0) is 15.7. The lowest BCUT2D eigenvalue weighted by Crippen LogP contribution is -2.06. The van der Waals surface area contributed by atoms with Crippen molar-refractivity contribution in [2.45, 2.75) is 51.9 Å². The van der Waals surface area contributed by atoms with E-state index in [1.54, 1.807) is 0 Å². The highest BCUT2D eigenvalue weighted by Gasteiger charge is 2.18. The van der Waals surface area contributed by atoms with E-state index in [1.807, 2.05) is 0 Å². The average Bonchev–Trinajstić information content (AvgIpc) is 2.45. The van der Waals surface area contributed by atoms with Crippen LogP contribution >= 0.6 is 0 Å². The van der Waals surface area contributed by atoms with E-state index in [4.69, 9.17) is 9.84 Å². The van der Waals surface area contributed by atoms with Gasteiger partial charge in [-0.25, -0.2) is 9.18 Å². The van der Waals surface area contributed by atoms with E-state index in [9.17, 15) is 13.6 Å². The minimum atomic E-state index is -1.50. The van der Waals surface area contributed by atoms with Crippen molar-refractivity contribution in [2.75, 3.05) is 6.61 Å². The number of benzene rings is 1. The second kappa shape index (κ2) is 9.32. The first-order valence-corrected chi connectivity index (χ1v) is 7.42. The Bertz CT molecular complexity index is 461. The number of halogens is 2. The molecular formula is C16H22F2O3. The highest BCUT2D eigenvalue weighted by Crippen LogP contribution is 2.23. The number of ether oxygens (including phenoxy) is 1. The maximum absolute atomic E-state index is 13.6. The van der Waals surface area contributed by atoms with Gasteiger partial charge in [-0.05, 0) is 18.6 Å². The number of rotatable bonds is 10. The molecular weight excluding hydrogens is 278 g/mol. The fourth-order valence-electron chi connectivity index (χ4n) is 2.05. The lowest BCUT2D eigenvalue weighted by molar-refractivity contribution is 0.0690. The Morgan fingerprint density at radius 3 is 2.29 bits per heavy atom. The van der Waals surface area contributed by atoms with Gasteiger partial charge in [0.1, 0.15) is 0 Å². The molecule has 0 spiro atoms. The van der Waals surface area contributed by atoms with E-state index in [-0.39, 0.29) is 5.75 Å². The maximum Gasteiger partial charge on any atom is 0.338 e. The maximum atomic E-state index is 13.6. The van der Waals surface area contributed by atoms with Gasteiger partial charge in [-0.15, -0.1) is 0 Å². The lowest BCUT2D eigenvalue weighted by Gasteiger charge is -2.08. The molecule has 0 atom stereocenters. The molecule has 1 aromatic rings. The number of hydrogen-bond acceptors (Lipinski definition) is 2. The molecule has 0 fully saturated rings. The van der Waals surface area contributed by atoms with E-state index in [0.717, 1.165) is 31.4 Å². The molecule has 5 heteroatoms. The minimum absolute atomic E-state index is 0.233. The summed E-state index contributed by atoms with van der Waals surface area (Å²) in [7, 11) is 0. The van der Waals surface area contributed by atoms with Crippen molar-refractivity contribution in [1.82, 2.24) is 0 Å². The Kier molecular flexibility index (Phi) is 7.72.